The fourth-order valence-electron chi connectivity index (χ4n) is 4.10. The maximum Gasteiger partial charge on any atom is 0.135 e. The molecule has 34 heavy (non-hydrogen) atoms. The molecule has 0 unspecified atom stereocenters. The van der Waals surface area contributed by atoms with E-state index >= 15 is 0 Å². The summed E-state index contributed by atoms with van der Waals surface area (Å²) in [6, 6.07) is 14.5. The van der Waals surface area contributed by atoms with Crippen molar-refractivity contribution in [2.24, 2.45) is 0 Å². The Morgan fingerprint density at radius 2 is 1.65 bits per heavy atom. The van der Waals surface area contributed by atoms with Crippen LogP contribution >= 0.6 is 0 Å². The maximum absolute atomic E-state index is 13.4. The number of aromatic amines is 2. The van der Waals surface area contributed by atoms with Crippen LogP contribution < -0.4 is 4.90 Å². The van der Waals surface area contributed by atoms with Gasteiger partial charge in [0.25, 0.3) is 0 Å². The molecule has 6 aromatic rings. The third-order valence-electron chi connectivity index (χ3n) is 5.90. The summed E-state index contributed by atoms with van der Waals surface area (Å²) in [7, 11) is 3.97. The zero-order valence-electron chi connectivity index (χ0n) is 18.5. The lowest BCUT2D eigenvalue weighted by atomic mass is 10.0. The number of pyridine rings is 3. The van der Waals surface area contributed by atoms with Crippen LogP contribution in [0.2, 0.25) is 0 Å². The Morgan fingerprint density at radius 1 is 0.824 bits per heavy atom. The van der Waals surface area contributed by atoms with Gasteiger partial charge in [-0.25, -0.2) is 9.37 Å². The Balaban J connectivity index is 1.47. The van der Waals surface area contributed by atoms with Crippen molar-refractivity contribution in [2.75, 3.05) is 19.0 Å². The minimum absolute atomic E-state index is 0.269. The SMILES string of the molecule is CN(C)c1cncc(-c2ccc3[nH]nc(-c4cc5c(-c6ccc(F)cc6)cncc5[nH]4)c3n2)c1. The second-order valence-corrected chi connectivity index (χ2v) is 8.33. The smallest absolute Gasteiger partial charge is 0.135 e. The van der Waals surface area contributed by atoms with Crippen molar-refractivity contribution in [2.45, 2.75) is 0 Å². The van der Waals surface area contributed by atoms with Crippen molar-refractivity contribution in [1.82, 2.24) is 30.1 Å². The van der Waals surface area contributed by atoms with Crippen LogP contribution in [-0.4, -0.2) is 44.2 Å². The van der Waals surface area contributed by atoms with Crippen molar-refractivity contribution >= 4 is 27.6 Å². The van der Waals surface area contributed by atoms with Gasteiger partial charge in [0, 0.05) is 43.0 Å². The quantitative estimate of drug-likeness (QED) is 0.375. The topological polar surface area (TPSA) is 86.4 Å². The number of nitrogens with zero attached hydrogens (tertiary/aromatic N) is 5. The standard InChI is InChI=1S/C26H20FN7/c1-34(2)18-9-16(11-28-12-18)21-7-8-22-25(31-21)26(33-32-22)23-10-19-20(13-29-14-24(19)30-23)15-3-5-17(27)6-4-15/h3-14,30H,1-2H3,(H,32,33). The maximum atomic E-state index is 13.4. The minimum Gasteiger partial charge on any atom is -0.376 e. The average molecular weight is 449 g/mol. The first kappa shape index (κ1) is 20.0. The third-order valence-corrected chi connectivity index (χ3v) is 5.90. The van der Waals surface area contributed by atoms with Gasteiger partial charge in [-0.1, -0.05) is 12.1 Å². The van der Waals surface area contributed by atoms with Crippen molar-refractivity contribution in [1.29, 1.82) is 0 Å². The highest BCUT2D eigenvalue weighted by Crippen LogP contribution is 2.34. The monoisotopic (exact) mass is 449 g/mol. The fraction of sp³-hybridized carbons (Fsp3) is 0.0769. The molecule has 2 N–H and O–H groups in total. The molecule has 0 radical (unpaired) electrons. The molecule has 8 heteroatoms. The summed E-state index contributed by atoms with van der Waals surface area (Å²) in [5.41, 5.74) is 8.57. The van der Waals surface area contributed by atoms with Gasteiger partial charge in [-0.05, 0) is 42.0 Å². The number of hydrogen-bond acceptors (Lipinski definition) is 5. The van der Waals surface area contributed by atoms with E-state index in [1.165, 1.54) is 12.1 Å². The van der Waals surface area contributed by atoms with Crippen LogP contribution in [0, 0.1) is 5.82 Å². The normalized spacial score (nSPS) is 11.4. The summed E-state index contributed by atoms with van der Waals surface area (Å²) in [6.45, 7) is 0. The molecular weight excluding hydrogens is 429 g/mol. The summed E-state index contributed by atoms with van der Waals surface area (Å²) in [4.78, 5) is 19.1. The molecule has 0 bridgehead atoms. The van der Waals surface area contributed by atoms with Crippen LogP contribution in [0.4, 0.5) is 10.1 Å². The third kappa shape index (κ3) is 3.36. The number of hydrogen-bond donors (Lipinski definition) is 2. The van der Waals surface area contributed by atoms with Crippen molar-refractivity contribution in [3.63, 3.8) is 0 Å². The molecule has 0 saturated heterocycles. The molecule has 0 atom stereocenters. The van der Waals surface area contributed by atoms with Gasteiger partial charge in [0.1, 0.15) is 17.0 Å². The molecule has 0 spiro atoms. The predicted molar refractivity (Wildman–Crippen MR) is 132 cm³/mol. The molecule has 0 fully saturated rings. The molecule has 0 aliphatic carbocycles. The molecule has 166 valence electrons. The average Bonchev–Trinajstić information content (AvgIpc) is 3.48. The zero-order chi connectivity index (χ0) is 23.2. The van der Waals surface area contributed by atoms with Crippen LogP contribution in [0.15, 0.2) is 73.3 Å². The van der Waals surface area contributed by atoms with E-state index in [0.717, 1.165) is 61.4 Å². The van der Waals surface area contributed by atoms with E-state index in [9.17, 15) is 4.39 Å². The minimum atomic E-state index is -0.269. The summed E-state index contributed by atoms with van der Waals surface area (Å²) >= 11 is 0. The summed E-state index contributed by atoms with van der Waals surface area (Å²) in [5, 5.41) is 8.60. The Labute approximate surface area is 194 Å². The Morgan fingerprint density at radius 3 is 2.47 bits per heavy atom. The number of H-pyrrole nitrogens is 2. The van der Waals surface area contributed by atoms with Crippen LogP contribution in [-0.2, 0) is 0 Å². The van der Waals surface area contributed by atoms with E-state index < -0.39 is 0 Å². The second-order valence-electron chi connectivity index (χ2n) is 8.33. The van der Waals surface area contributed by atoms with Gasteiger partial charge in [-0.2, -0.15) is 5.10 Å². The van der Waals surface area contributed by atoms with Gasteiger partial charge in [0.2, 0.25) is 0 Å². The second kappa shape index (κ2) is 7.77. The van der Waals surface area contributed by atoms with E-state index in [-0.39, 0.29) is 5.82 Å². The predicted octanol–water partition coefficient (Wildman–Crippen LogP) is 5.44. The first-order chi connectivity index (χ1) is 16.6. The number of anilines is 1. The van der Waals surface area contributed by atoms with Crippen molar-refractivity contribution in [3.05, 3.63) is 79.1 Å². The Hall–Kier alpha value is -4.59. The molecule has 1 aromatic carbocycles. The molecule has 0 saturated carbocycles. The summed E-state index contributed by atoms with van der Waals surface area (Å²) < 4.78 is 13.4. The van der Waals surface area contributed by atoms with Crippen LogP contribution in [0.25, 0.3) is 55.7 Å². The Kier molecular flexibility index (Phi) is 4.58. The Bertz CT molecular complexity index is 1650. The first-order valence-corrected chi connectivity index (χ1v) is 10.8. The first-order valence-electron chi connectivity index (χ1n) is 10.8. The largest absolute Gasteiger partial charge is 0.376 e. The molecule has 0 amide bonds. The fourth-order valence-corrected chi connectivity index (χ4v) is 4.10. The van der Waals surface area contributed by atoms with Crippen LogP contribution in [0.1, 0.15) is 0 Å². The van der Waals surface area contributed by atoms with E-state index in [0.29, 0.717) is 0 Å². The highest BCUT2D eigenvalue weighted by atomic mass is 19.1. The molecule has 0 aliphatic heterocycles. The van der Waals surface area contributed by atoms with Gasteiger partial charge >= 0.3 is 0 Å². The number of benzene rings is 1. The van der Waals surface area contributed by atoms with E-state index in [1.54, 1.807) is 24.5 Å². The molecule has 5 aromatic heterocycles. The summed E-state index contributed by atoms with van der Waals surface area (Å²) in [6.07, 6.45) is 7.20. The van der Waals surface area contributed by atoms with E-state index in [1.807, 2.05) is 49.6 Å². The van der Waals surface area contributed by atoms with Gasteiger partial charge in [0.05, 0.1) is 40.5 Å². The highest BCUT2D eigenvalue weighted by molar-refractivity contribution is 6.00. The molecule has 0 aliphatic rings. The summed E-state index contributed by atoms with van der Waals surface area (Å²) in [5.74, 6) is -0.269. The molecule has 7 nitrogen and oxygen atoms in total. The lowest BCUT2D eigenvalue weighted by Crippen LogP contribution is -2.08. The van der Waals surface area contributed by atoms with Crippen LogP contribution in [0.5, 0.6) is 0 Å². The molecular formula is C26H20FN7. The number of nitrogens with one attached hydrogen (secondary N) is 2. The van der Waals surface area contributed by atoms with E-state index in [2.05, 4.69) is 31.2 Å². The van der Waals surface area contributed by atoms with Gasteiger partial charge in [-0.15, -0.1) is 0 Å². The van der Waals surface area contributed by atoms with Gasteiger partial charge < -0.3 is 9.88 Å². The lowest BCUT2D eigenvalue weighted by molar-refractivity contribution is 0.628. The number of fused-ring (bicyclic) bond motifs is 2. The number of halogens is 1. The van der Waals surface area contributed by atoms with Crippen molar-refractivity contribution < 1.29 is 4.39 Å². The molecule has 6 rings (SSSR count). The van der Waals surface area contributed by atoms with Crippen molar-refractivity contribution in [3.8, 4) is 33.8 Å². The molecule has 5 heterocycles. The highest BCUT2D eigenvalue weighted by Gasteiger charge is 2.16. The lowest BCUT2D eigenvalue weighted by Gasteiger charge is -2.12. The number of rotatable bonds is 4. The zero-order valence-corrected chi connectivity index (χ0v) is 18.5. The van der Waals surface area contributed by atoms with Crippen LogP contribution in [0.3, 0.4) is 0 Å². The van der Waals surface area contributed by atoms with Gasteiger partial charge in [-0.3, -0.25) is 15.1 Å². The van der Waals surface area contributed by atoms with E-state index in [4.69, 9.17) is 4.98 Å². The van der Waals surface area contributed by atoms with Gasteiger partial charge in [0.15, 0.2) is 0 Å². The number of aromatic nitrogens is 6.